The lowest BCUT2D eigenvalue weighted by Crippen LogP contribution is -2.63. The molecule has 2 bridgehead atoms. The van der Waals surface area contributed by atoms with Gasteiger partial charge in [-0.25, -0.2) is 0 Å². The zero-order valence-electron chi connectivity index (χ0n) is 11.5. The number of carbonyl (C=O) groups excluding carboxylic acids is 1. The van der Waals surface area contributed by atoms with Crippen LogP contribution in [0.5, 0.6) is 0 Å². The Balaban J connectivity index is 1.94. The molecule has 0 aliphatic heterocycles. The Bertz CT molecular complexity index is 469. The van der Waals surface area contributed by atoms with Crippen LogP contribution in [0.25, 0.3) is 0 Å². The van der Waals surface area contributed by atoms with Gasteiger partial charge in [0.25, 0.3) is 5.60 Å². The van der Waals surface area contributed by atoms with E-state index in [9.17, 15) is 36.2 Å². The number of hydrogen-bond donors (Lipinski definition) is 1. The summed E-state index contributed by atoms with van der Waals surface area (Å²) >= 11 is 0. The molecule has 3 saturated carbocycles. The van der Waals surface area contributed by atoms with Crippen molar-refractivity contribution in [3.05, 3.63) is 0 Å². The Morgan fingerprint density at radius 2 is 1.50 bits per heavy atom. The second-order valence-electron chi connectivity index (χ2n) is 6.87. The minimum Gasteiger partial charge on any atom is -0.373 e. The standard InChI is InChI=1S/C14H16F6O2/c15-13(16,17)12(22,14(18,19)20)11-4-6-3-10(11)9-5-7(21)1-2-8(6)9/h6,8-11,22H,1-5H2. The predicted octanol–water partition coefficient (Wildman–Crippen LogP) is 3.48. The molecule has 3 rings (SSSR count). The van der Waals surface area contributed by atoms with E-state index in [-0.39, 0.29) is 36.9 Å². The topological polar surface area (TPSA) is 37.3 Å². The Hall–Kier alpha value is -0.790. The maximum Gasteiger partial charge on any atom is 0.426 e. The first-order chi connectivity index (χ1) is 9.97. The SMILES string of the molecule is O=C1CCC2C3CC(C2C1)C(C(O)(C(F)(F)F)C(F)(F)F)C3. The third-order valence-corrected chi connectivity index (χ3v) is 5.97. The summed E-state index contributed by atoms with van der Waals surface area (Å²) in [7, 11) is 0. The molecule has 0 amide bonds. The second-order valence-corrected chi connectivity index (χ2v) is 6.87. The zero-order valence-corrected chi connectivity index (χ0v) is 11.5. The molecule has 8 heteroatoms. The van der Waals surface area contributed by atoms with Gasteiger partial charge in [0.15, 0.2) is 0 Å². The van der Waals surface area contributed by atoms with E-state index in [1.165, 1.54) is 0 Å². The predicted molar refractivity (Wildman–Crippen MR) is 62.6 cm³/mol. The van der Waals surface area contributed by atoms with E-state index >= 15 is 0 Å². The van der Waals surface area contributed by atoms with Gasteiger partial charge in [0.05, 0.1) is 0 Å². The number of aliphatic hydroxyl groups is 1. The molecule has 0 spiro atoms. The van der Waals surface area contributed by atoms with Crippen molar-refractivity contribution < 1.29 is 36.2 Å². The number of ketones is 1. The van der Waals surface area contributed by atoms with E-state index in [0.29, 0.717) is 12.8 Å². The van der Waals surface area contributed by atoms with Crippen LogP contribution in [0.15, 0.2) is 0 Å². The Kier molecular flexibility index (Phi) is 3.37. The van der Waals surface area contributed by atoms with Gasteiger partial charge in [0.1, 0.15) is 5.78 Å². The van der Waals surface area contributed by atoms with Crippen LogP contribution in [0, 0.1) is 29.6 Å². The second kappa shape index (κ2) is 4.61. The normalized spacial score (nSPS) is 39.2. The molecule has 0 heterocycles. The highest BCUT2D eigenvalue weighted by Gasteiger charge is 2.77. The van der Waals surface area contributed by atoms with E-state index in [0.717, 1.165) is 0 Å². The van der Waals surface area contributed by atoms with Crippen LogP contribution in [0.4, 0.5) is 26.3 Å². The molecule has 0 radical (unpaired) electrons. The van der Waals surface area contributed by atoms with Gasteiger partial charge in [-0.3, -0.25) is 4.79 Å². The lowest BCUT2D eigenvalue weighted by molar-refractivity contribution is -0.390. The van der Waals surface area contributed by atoms with E-state index in [2.05, 4.69) is 0 Å². The quantitative estimate of drug-likeness (QED) is 0.748. The number of alkyl halides is 6. The zero-order chi connectivity index (χ0) is 16.5. The van der Waals surface area contributed by atoms with Crippen LogP contribution >= 0.6 is 0 Å². The van der Waals surface area contributed by atoms with Crippen molar-refractivity contribution in [3.63, 3.8) is 0 Å². The Labute approximate surface area is 122 Å². The first-order valence-electron chi connectivity index (χ1n) is 7.34. The molecule has 0 aromatic carbocycles. The van der Waals surface area contributed by atoms with Gasteiger partial charge in [-0.1, -0.05) is 0 Å². The maximum absolute atomic E-state index is 13.0. The molecule has 0 aromatic rings. The minimum absolute atomic E-state index is 0.0321. The van der Waals surface area contributed by atoms with Crippen molar-refractivity contribution in [2.75, 3.05) is 0 Å². The van der Waals surface area contributed by atoms with Crippen molar-refractivity contribution in [1.29, 1.82) is 0 Å². The first-order valence-corrected chi connectivity index (χ1v) is 7.34. The van der Waals surface area contributed by atoms with Crippen molar-refractivity contribution in [2.45, 2.75) is 50.1 Å². The molecule has 2 nitrogen and oxygen atoms in total. The molecule has 3 aliphatic carbocycles. The molecule has 5 unspecified atom stereocenters. The Morgan fingerprint density at radius 1 is 0.909 bits per heavy atom. The molecule has 3 aliphatic rings. The highest BCUT2D eigenvalue weighted by Crippen LogP contribution is 2.65. The molecule has 3 fully saturated rings. The number of hydrogen-bond acceptors (Lipinski definition) is 2. The van der Waals surface area contributed by atoms with E-state index < -0.39 is 35.7 Å². The molecule has 22 heavy (non-hydrogen) atoms. The van der Waals surface area contributed by atoms with Gasteiger partial charge >= 0.3 is 12.4 Å². The van der Waals surface area contributed by atoms with Crippen LogP contribution in [0.3, 0.4) is 0 Å². The third-order valence-electron chi connectivity index (χ3n) is 5.97. The van der Waals surface area contributed by atoms with Crippen molar-refractivity contribution in [3.8, 4) is 0 Å². The molecular weight excluding hydrogens is 314 g/mol. The van der Waals surface area contributed by atoms with Crippen LogP contribution < -0.4 is 0 Å². The van der Waals surface area contributed by atoms with Crippen LogP contribution in [-0.2, 0) is 4.79 Å². The van der Waals surface area contributed by atoms with E-state index in [1.807, 2.05) is 0 Å². The minimum atomic E-state index is -5.77. The average molecular weight is 330 g/mol. The number of rotatable bonds is 1. The number of Topliss-reactive ketones (excluding diaryl/α,β-unsaturated/α-hetero) is 1. The van der Waals surface area contributed by atoms with Gasteiger partial charge in [-0.15, -0.1) is 0 Å². The molecule has 5 atom stereocenters. The van der Waals surface area contributed by atoms with Crippen LogP contribution in [-0.4, -0.2) is 28.8 Å². The maximum atomic E-state index is 13.0. The highest BCUT2D eigenvalue weighted by atomic mass is 19.4. The summed E-state index contributed by atoms with van der Waals surface area (Å²) in [5, 5.41) is 9.63. The fourth-order valence-electron chi connectivity index (χ4n) is 5.11. The van der Waals surface area contributed by atoms with Gasteiger partial charge in [0.2, 0.25) is 0 Å². The third kappa shape index (κ3) is 2.02. The van der Waals surface area contributed by atoms with Crippen molar-refractivity contribution >= 4 is 5.78 Å². The summed E-state index contributed by atoms with van der Waals surface area (Å²) in [6.45, 7) is 0. The van der Waals surface area contributed by atoms with E-state index in [1.54, 1.807) is 0 Å². The largest absolute Gasteiger partial charge is 0.426 e. The fourth-order valence-corrected chi connectivity index (χ4v) is 5.11. The van der Waals surface area contributed by atoms with Gasteiger partial charge in [0, 0.05) is 18.8 Å². The number of fused-ring (bicyclic) bond motifs is 5. The summed E-state index contributed by atoms with van der Waals surface area (Å²) in [6, 6.07) is 0. The summed E-state index contributed by atoms with van der Waals surface area (Å²) < 4.78 is 78.2. The summed E-state index contributed by atoms with van der Waals surface area (Å²) in [5.41, 5.74) is -4.68. The smallest absolute Gasteiger partial charge is 0.373 e. The number of carbonyl (C=O) groups is 1. The van der Waals surface area contributed by atoms with Crippen molar-refractivity contribution in [2.24, 2.45) is 29.6 Å². The van der Waals surface area contributed by atoms with Gasteiger partial charge in [-0.2, -0.15) is 26.3 Å². The molecular formula is C14H16F6O2. The summed E-state index contributed by atoms with van der Waals surface area (Å²) in [6.07, 6.45) is -10.6. The molecule has 1 N–H and O–H groups in total. The van der Waals surface area contributed by atoms with E-state index in [4.69, 9.17) is 0 Å². The molecule has 0 saturated heterocycles. The lowest BCUT2D eigenvalue weighted by Gasteiger charge is -2.45. The molecule has 0 aromatic heterocycles. The first kappa shape index (κ1) is 16.1. The van der Waals surface area contributed by atoms with Crippen LogP contribution in [0.1, 0.15) is 32.1 Å². The fraction of sp³-hybridized carbons (Fsp3) is 0.929. The van der Waals surface area contributed by atoms with Gasteiger partial charge in [-0.05, 0) is 42.9 Å². The molecule has 126 valence electrons. The lowest BCUT2D eigenvalue weighted by atomic mass is 9.63. The highest BCUT2D eigenvalue weighted by molar-refractivity contribution is 5.79. The number of halogens is 6. The van der Waals surface area contributed by atoms with Crippen LogP contribution in [0.2, 0.25) is 0 Å². The monoisotopic (exact) mass is 330 g/mol. The summed E-state index contributed by atoms with van der Waals surface area (Å²) in [5.74, 6) is -3.54. The Morgan fingerprint density at radius 3 is 2.05 bits per heavy atom. The van der Waals surface area contributed by atoms with Gasteiger partial charge < -0.3 is 5.11 Å². The summed E-state index contributed by atoms with van der Waals surface area (Å²) in [4.78, 5) is 11.5. The average Bonchev–Trinajstić information content (AvgIpc) is 2.93. The van der Waals surface area contributed by atoms with Crippen molar-refractivity contribution in [1.82, 2.24) is 0 Å².